The molecule has 5 heteroatoms. The number of aryl methyl sites for hydroxylation is 1. The lowest BCUT2D eigenvalue weighted by atomic mass is 10.1. The minimum Gasteiger partial charge on any atom is -0.506 e. The maximum atomic E-state index is 13.3. The van der Waals surface area contributed by atoms with Gasteiger partial charge in [0.2, 0.25) is 0 Å². The number of nitrogens with zero attached hydrogens (tertiary/aromatic N) is 3. The van der Waals surface area contributed by atoms with Crippen molar-refractivity contribution in [3.05, 3.63) is 99.7 Å². The van der Waals surface area contributed by atoms with E-state index in [1.165, 1.54) is 0 Å². The molecule has 0 saturated heterocycles. The number of hydrogen-bond acceptors (Lipinski definition) is 3. The van der Waals surface area contributed by atoms with Crippen LogP contribution in [0.4, 0.5) is 0 Å². The second kappa shape index (κ2) is 8.43. The van der Waals surface area contributed by atoms with Crippen LogP contribution in [0.5, 0.6) is 5.75 Å². The van der Waals surface area contributed by atoms with Crippen molar-refractivity contribution in [3.63, 3.8) is 0 Å². The minimum atomic E-state index is -0.172. The van der Waals surface area contributed by atoms with Crippen LogP contribution < -0.4 is 16.3 Å². The van der Waals surface area contributed by atoms with Gasteiger partial charge in [0.05, 0.1) is 16.6 Å². The first-order valence-corrected chi connectivity index (χ1v) is 11.1. The molecule has 0 fully saturated rings. The Balaban J connectivity index is 1.46. The van der Waals surface area contributed by atoms with E-state index in [1.807, 2.05) is 36.4 Å². The van der Waals surface area contributed by atoms with E-state index in [-0.39, 0.29) is 11.3 Å². The van der Waals surface area contributed by atoms with Crippen molar-refractivity contribution in [2.45, 2.75) is 25.8 Å². The Morgan fingerprint density at radius 3 is 2.09 bits per heavy atom. The van der Waals surface area contributed by atoms with Crippen molar-refractivity contribution in [1.82, 2.24) is 14.1 Å². The van der Waals surface area contributed by atoms with Gasteiger partial charge in [-0.1, -0.05) is 61.7 Å². The Bertz CT molecular complexity index is 1600. The number of aromatic hydroxyl groups is 1. The van der Waals surface area contributed by atoms with Crippen LogP contribution in [0.1, 0.15) is 18.7 Å². The maximum Gasteiger partial charge on any atom is 0.266 e. The monoisotopic (exact) mass is 435 g/mol. The van der Waals surface area contributed by atoms with Gasteiger partial charge < -0.3 is 9.67 Å². The number of benzene rings is 3. The first kappa shape index (κ1) is 20.8. The number of para-hydroxylation sites is 3. The lowest BCUT2D eigenvalue weighted by Gasteiger charge is -2.15. The van der Waals surface area contributed by atoms with Gasteiger partial charge in [-0.2, -0.15) is 0 Å². The third-order valence-corrected chi connectivity index (χ3v) is 6.20. The van der Waals surface area contributed by atoms with Crippen LogP contribution in [0.3, 0.4) is 0 Å². The van der Waals surface area contributed by atoms with E-state index in [1.54, 1.807) is 28.8 Å². The second-order valence-electron chi connectivity index (χ2n) is 8.22. The molecule has 3 aromatic carbocycles. The molecule has 0 aliphatic heterocycles. The highest BCUT2D eigenvalue weighted by atomic mass is 16.3. The van der Waals surface area contributed by atoms with Crippen molar-refractivity contribution in [2.75, 3.05) is 0 Å². The molecule has 0 radical (unpaired) electrons. The summed E-state index contributed by atoms with van der Waals surface area (Å²) in [6, 6.07) is 22.4. The van der Waals surface area contributed by atoms with Crippen molar-refractivity contribution < 1.29 is 5.11 Å². The molecule has 0 unspecified atom stereocenters. The summed E-state index contributed by atoms with van der Waals surface area (Å²) >= 11 is 0. The van der Waals surface area contributed by atoms with E-state index in [9.17, 15) is 9.90 Å². The minimum absolute atomic E-state index is 0.0559. The van der Waals surface area contributed by atoms with Gasteiger partial charge >= 0.3 is 0 Å². The summed E-state index contributed by atoms with van der Waals surface area (Å²) in [4.78, 5) is 18.1. The van der Waals surface area contributed by atoms with Crippen LogP contribution in [-0.4, -0.2) is 19.2 Å². The fraction of sp³-hybridized carbons (Fsp3) is 0.143. The summed E-state index contributed by atoms with van der Waals surface area (Å²) in [6.45, 7) is 9.30. The Labute approximate surface area is 191 Å². The zero-order chi connectivity index (χ0) is 22.9. The van der Waals surface area contributed by atoms with Gasteiger partial charge in [-0.25, -0.2) is 4.98 Å². The number of hydrogen-bond donors (Lipinski definition) is 1. The van der Waals surface area contributed by atoms with E-state index in [2.05, 4.69) is 29.9 Å². The fourth-order valence-corrected chi connectivity index (χ4v) is 4.51. The summed E-state index contributed by atoms with van der Waals surface area (Å²) in [5.41, 5.74) is 0.947. The molecule has 2 heterocycles. The highest BCUT2D eigenvalue weighted by molar-refractivity contribution is 5.83. The fourth-order valence-electron chi connectivity index (χ4n) is 4.51. The van der Waals surface area contributed by atoms with Gasteiger partial charge in [0.25, 0.3) is 5.56 Å². The lowest BCUT2D eigenvalue weighted by molar-refractivity contribution is 0.470. The van der Waals surface area contributed by atoms with E-state index in [0.717, 1.165) is 40.9 Å². The number of phenols is 1. The molecule has 0 bridgehead atoms. The third kappa shape index (κ3) is 3.61. The molecule has 1 N–H and O–H groups in total. The maximum absolute atomic E-state index is 13.3. The molecule has 33 heavy (non-hydrogen) atoms. The molecule has 0 amide bonds. The average Bonchev–Trinajstić information content (AvgIpc) is 3.08. The SMILES string of the molecule is C=c1c2ccccc2c(=C)n1CCCCc1nc2ccccc2c(=O)n1-c1ccccc1O. The van der Waals surface area contributed by atoms with Gasteiger partial charge in [0.1, 0.15) is 11.6 Å². The normalized spacial score (nSPS) is 11.4. The zero-order valence-electron chi connectivity index (χ0n) is 18.4. The van der Waals surface area contributed by atoms with Gasteiger partial charge in [-0.05, 0) is 37.1 Å². The van der Waals surface area contributed by atoms with Gasteiger partial charge in [0.15, 0.2) is 0 Å². The number of fused-ring (bicyclic) bond motifs is 2. The quantitative estimate of drug-likeness (QED) is 0.412. The number of unbranched alkanes of at least 4 members (excludes halogenated alkanes) is 1. The van der Waals surface area contributed by atoms with Gasteiger partial charge in [-0.15, -0.1) is 0 Å². The van der Waals surface area contributed by atoms with E-state index in [4.69, 9.17) is 4.98 Å². The third-order valence-electron chi connectivity index (χ3n) is 6.20. The van der Waals surface area contributed by atoms with E-state index < -0.39 is 0 Å². The topological polar surface area (TPSA) is 60.0 Å². The van der Waals surface area contributed by atoms with Crippen LogP contribution >= 0.6 is 0 Å². The molecule has 0 saturated carbocycles. The average molecular weight is 436 g/mol. The highest BCUT2D eigenvalue weighted by Crippen LogP contribution is 2.22. The number of rotatable bonds is 6. The molecule has 0 spiro atoms. The second-order valence-corrected chi connectivity index (χ2v) is 8.22. The van der Waals surface area contributed by atoms with Crippen molar-refractivity contribution in [2.24, 2.45) is 0 Å². The van der Waals surface area contributed by atoms with Crippen LogP contribution in [-0.2, 0) is 13.0 Å². The molecule has 164 valence electrons. The highest BCUT2D eigenvalue weighted by Gasteiger charge is 2.15. The molecular weight excluding hydrogens is 410 g/mol. The molecule has 5 rings (SSSR count). The van der Waals surface area contributed by atoms with Crippen molar-refractivity contribution in [1.29, 1.82) is 0 Å². The van der Waals surface area contributed by atoms with E-state index >= 15 is 0 Å². The largest absolute Gasteiger partial charge is 0.506 e. The molecular formula is C28H25N3O2. The molecule has 5 aromatic rings. The first-order chi connectivity index (χ1) is 16.1. The Morgan fingerprint density at radius 2 is 1.39 bits per heavy atom. The summed E-state index contributed by atoms with van der Waals surface area (Å²) in [6.07, 6.45) is 2.31. The predicted octanol–water partition coefficient (Wildman–Crippen LogP) is 3.89. The van der Waals surface area contributed by atoms with Gasteiger partial charge in [-0.3, -0.25) is 9.36 Å². The summed E-state index contributed by atoms with van der Waals surface area (Å²) < 4.78 is 3.70. The Hall–Kier alpha value is -4.12. The van der Waals surface area contributed by atoms with Gasteiger partial charge in [0, 0.05) is 34.4 Å². The molecule has 0 aliphatic rings. The number of aromatic nitrogens is 3. The molecule has 5 nitrogen and oxygen atoms in total. The van der Waals surface area contributed by atoms with Crippen molar-refractivity contribution >= 4 is 34.8 Å². The standard InChI is InChI=1S/C28H25N3O2/c1-19-21-11-3-4-12-22(21)20(2)30(19)18-10-9-17-27-29-24-14-6-5-13-23(24)28(33)31(27)25-15-7-8-16-26(25)32/h3-8,11-16,32H,1-2,9-10,17-18H2. The van der Waals surface area contributed by atoms with Crippen LogP contribution in [0.25, 0.3) is 40.5 Å². The molecule has 0 aliphatic carbocycles. The first-order valence-electron chi connectivity index (χ1n) is 11.1. The number of phenolic OH excluding ortho intramolecular Hbond substituents is 1. The van der Waals surface area contributed by atoms with Crippen LogP contribution in [0, 0.1) is 0 Å². The van der Waals surface area contributed by atoms with Crippen LogP contribution in [0.15, 0.2) is 77.6 Å². The zero-order valence-corrected chi connectivity index (χ0v) is 18.4. The van der Waals surface area contributed by atoms with Crippen molar-refractivity contribution in [3.8, 4) is 11.4 Å². The lowest BCUT2D eigenvalue weighted by Crippen LogP contribution is -2.26. The molecule has 0 atom stereocenters. The summed E-state index contributed by atoms with van der Waals surface area (Å²) in [5, 5.41) is 15.2. The van der Waals surface area contributed by atoms with Crippen LogP contribution in [0.2, 0.25) is 0 Å². The summed E-state index contributed by atoms with van der Waals surface area (Å²) in [5.74, 6) is 0.697. The predicted molar refractivity (Wildman–Crippen MR) is 134 cm³/mol. The molecule has 2 aromatic heterocycles. The Morgan fingerprint density at radius 1 is 0.788 bits per heavy atom. The Kier molecular flexibility index (Phi) is 5.31. The summed E-state index contributed by atoms with van der Waals surface area (Å²) in [7, 11) is 0. The van der Waals surface area contributed by atoms with E-state index in [0.29, 0.717) is 28.8 Å². The smallest absolute Gasteiger partial charge is 0.266 e.